The third-order valence-electron chi connectivity index (χ3n) is 1.03. The van der Waals surface area contributed by atoms with E-state index in [0.29, 0.717) is 10.8 Å². The van der Waals surface area contributed by atoms with Gasteiger partial charge in [0.15, 0.2) is 0 Å². The molecule has 1 aromatic carbocycles. The zero-order valence-corrected chi connectivity index (χ0v) is 10.3. The van der Waals surface area contributed by atoms with Crippen molar-refractivity contribution in [3.63, 3.8) is 0 Å². The Kier molecular flexibility index (Phi) is 3.71. The molecule has 66 valence electrons. The van der Waals surface area contributed by atoms with Crippen LogP contribution in [0.15, 0.2) is 24.3 Å². The molecule has 0 amide bonds. The lowest BCUT2D eigenvalue weighted by Crippen LogP contribution is -1.79. The van der Waals surface area contributed by atoms with Crippen LogP contribution in [0.5, 0.6) is 5.75 Å². The molecule has 0 saturated carbocycles. The van der Waals surface area contributed by atoms with Crippen LogP contribution in [0.1, 0.15) is 0 Å². The van der Waals surface area contributed by atoms with Gasteiger partial charge in [-0.05, 0) is 35.5 Å². The molecule has 0 saturated heterocycles. The summed E-state index contributed by atoms with van der Waals surface area (Å²) < 4.78 is 12.9. The van der Waals surface area contributed by atoms with Crippen LogP contribution >= 0.6 is 49.2 Å². The van der Waals surface area contributed by atoms with Crippen molar-refractivity contribution in [2.75, 3.05) is 0 Å². The average molecular weight is 337 g/mol. The minimum atomic E-state index is -3.00. The number of hydrogen-bond acceptors (Lipinski definition) is 2. The molecule has 1 atom stereocenters. The van der Waals surface area contributed by atoms with Gasteiger partial charge in [-0.15, -0.1) is 0 Å². The molecule has 0 N–H and O–H groups in total. The first-order valence-electron chi connectivity index (χ1n) is 2.92. The standard InChI is InChI=1S/C6H4Cl2IO2P/c7-5-1-3-6(4-2-5)11-12(8,9)10/h1-4H. The van der Waals surface area contributed by atoms with Gasteiger partial charge in [-0.2, -0.15) is 0 Å². The lowest BCUT2D eigenvalue weighted by Gasteiger charge is -2.05. The molecule has 0 spiro atoms. The highest BCUT2D eigenvalue weighted by Crippen LogP contribution is 2.60. The molecule has 12 heavy (non-hydrogen) atoms. The molecule has 1 rings (SSSR count). The van der Waals surface area contributed by atoms with Gasteiger partial charge in [0.2, 0.25) is 0 Å². The predicted molar refractivity (Wildman–Crippen MR) is 59.6 cm³/mol. The molecule has 0 aromatic heterocycles. The molecule has 0 radical (unpaired) electrons. The fraction of sp³-hybridized carbons (Fsp3) is 0. The second kappa shape index (κ2) is 4.18. The second-order valence-electron chi connectivity index (χ2n) is 1.96. The molecule has 1 unspecified atom stereocenters. The third kappa shape index (κ3) is 3.99. The highest BCUT2D eigenvalue weighted by Gasteiger charge is 2.14. The van der Waals surface area contributed by atoms with Crippen molar-refractivity contribution in [2.24, 2.45) is 0 Å². The van der Waals surface area contributed by atoms with E-state index in [-0.39, 0.29) is 0 Å². The third-order valence-corrected chi connectivity index (χ3v) is 2.50. The van der Waals surface area contributed by atoms with Crippen molar-refractivity contribution >= 4 is 49.2 Å². The van der Waals surface area contributed by atoms with E-state index in [1.54, 1.807) is 46.3 Å². The molecule has 0 heterocycles. The Morgan fingerprint density at radius 2 is 1.83 bits per heavy atom. The van der Waals surface area contributed by atoms with Crippen molar-refractivity contribution in [3.8, 4) is 5.75 Å². The van der Waals surface area contributed by atoms with Gasteiger partial charge in [0.1, 0.15) is 5.75 Å². The van der Waals surface area contributed by atoms with Gasteiger partial charge in [-0.1, -0.05) is 11.6 Å². The maximum absolute atomic E-state index is 11.0. The lowest BCUT2D eigenvalue weighted by atomic mass is 10.3. The zero-order chi connectivity index (χ0) is 9.19. The summed E-state index contributed by atoms with van der Waals surface area (Å²) >= 11 is 12.6. The van der Waals surface area contributed by atoms with Crippen LogP contribution in [0.3, 0.4) is 0 Å². The van der Waals surface area contributed by atoms with Crippen LogP contribution in [0.4, 0.5) is 0 Å². The molecule has 0 aliphatic carbocycles. The van der Waals surface area contributed by atoms with Crippen LogP contribution in [0.2, 0.25) is 5.02 Å². The average Bonchev–Trinajstić information content (AvgIpc) is 1.91. The monoisotopic (exact) mass is 336 g/mol. The summed E-state index contributed by atoms with van der Waals surface area (Å²) in [4.78, 5) is 0. The lowest BCUT2D eigenvalue weighted by molar-refractivity contribution is 0.517. The van der Waals surface area contributed by atoms with Crippen LogP contribution in [0, 0.1) is 0 Å². The van der Waals surface area contributed by atoms with Gasteiger partial charge in [-0.3, -0.25) is 0 Å². The summed E-state index contributed by atoms with van der Waals surface area (Å²) in [6.45, 7) is 0. The van der Waals surface area contributed by atoms with Crippen LogP contribution in [0.25, 0.3) is 0 Å². The van der Waals surface area contributed by atoms with Crippen LogP contribution in [-0.4, -0.2) is 0 Å². The molecular weight excluding hydrogens is 333 g/mol. The van der Waals surface area contributed by atoms with Gasteiger partial charge >= 0.3 is 4.36 Å². The van der Waals surface area contributed by atoms with Crippen LogP contribution in [-0.2, 0) is 4.57 Å². The van der Waals surface area contributed by atoms with Gasteiger partial charge in [0, 0.05) is 5.02 Å². The molecule has 1 aromatic rings. The van der Waals surface area contributed by atoms with Crippen molar-refractivity contribution in [1.82, 2.24) is 0 Å². The van der Waals surface area contributed by atoms with E-state index >= 15 is 0 Å². The summed E-state index contributed by atoms with van der Waals surface area (Å²) in [6.07, 6.45) is 0. The van der Waals surface area contributed by atoms with E-state index in [4.69, 9.17) is 27.4 Å². The molecular formula is C6H4Cl2IO2P. The molecule has 0 bridgehead atoms. The largest absolute Gasteiger partial charge is 0.426 e. The first kappa shape index (κ1) is 10.6. The van der Waals surface area contributed by atoms with E-state index < -0.39 is 4.36 Å². The van der Waals surface area contributed by atoms with E-state index in [1.807, 2.05) is 0 Å². The van der Waals surface area contributed by atoms with Gasteiger partial charge in [0.05, 0.1) is 22.0 Å². The van der Waals surface area contributed by atoms with Crippen molar-refractivity contribution < 1.29 is 9.09 Å². The fourth-order valence-corrected chi connectivity index (χ4v) is 2.03. The Morgan fingerprint density at radius 1 is 1.33 bits per heavy atom. The Hall–Kier alpha value is 0.560. The van der Waals surface area contributed by atoms with Crippen LogP contribution < -0.4 is 4.52 Å². The minimum absolute atomic E-state index is 0.451. The summed E-state index contributed by atoms with van der Waals surface area (Å²) in [5.74, 6) is 0.451. The van der Waals surface area contributed by atoms with Gasteiger partial charge in [0.25, 0.3) is 0 Å². The van der Waals surface area contributed by atoms with Crippen molar-refractivity contribution in [2.45, 2.75) is 0 Å². The summed E-state index contributed by atoms with van der Waals surface area (Å²) in [5, 5.41) is 0.597. The quantitative estimate of drug-likeness (QED) is 0.587. The number of benzene rings is 1. The van der Waals surface area contributed by atoms with Gasteiger partial charge < -0.3 is 4.52 Å². The first-order valence-corrected chi connectivity index (χ1v) is 8.61. The zero-order valence-electron chi connectivity index (χ0n) is 5.71. The molecule has 6 heteroatoms. The predicted octanol–water partition coefficient (Wildman–Crippen LogP) is 4.50. The van der Waals surface area contributed by atoms with E-state index in [9.17, 15) is 4.57 Å². The Bertz CT molecular complexity index is 308. The summed E-state index contributed by atoms with van der Waals surface area (Å²) in [5.41, 5.74) is 0. The highest BCUT2D eigenvalue weighted by molar-refractivity contribution is 14.2. The topological polar surface area (TPSA) is 26.3 Å². The van der Waals surface area contributed by atoms with Crippen molar-refractivity contribution in [1.29, 1.82) is 0 Å². The normalized spacial score (nSPS) is 15.2. The molecule has 2 nitrogen and oxygen atoms in total. The smallest absolute Gasteiger partial charge is 0.393 e. The molecule has 0 aliphatic rings. The Morgan fingerprint density at radius 3 is 2.25 bits per heavy atom. The Labute approximate surface area is 92.9 Å². The number of halogens is 3. The highest BCUT2D eigenvalue weighted by atomic mass is 127. The summed E-state index contributed by atoms with van der Waals surface area (Å²) in [7, 11) is 0. The fourth-order valence-electron chi connectivity index (χ4n) is 0.618. The Balaban J connectivity index is 2.78. The van der Waals surface area contributed by atoms with E-state index in [0.717, 1.165) is 0 Å². The first-order chi connectivity index (χ1) is 5.47. The summed E-state index contributed by atoms with van der Waals surface area (Å²) in [6, 6.07) is 6.49. The SMILES string of the molecule is O=P(Cl)(I)Oc1ccc(Cl)cc1. The maximum atomic E-state index is 11.0. The molecule has 0 fully saturated rings. The molecule has 0 aliphatic heterocycles. The number of rotatable bonds is 2. The van der Waals surface area contributed by atoms with Gasteiger partial charge in [-0.25, -0.2) is 4.57 Å². The number of hydrogen-bond donors (Lipinski definition) is 0. The van der Waals surface area contributed by atoms with E-state index in [2.05, 4.69) is 0 Å². The minimum Gasteiger partial charge on any atom is -0.426 e. The van der Waals surface area contributed by atoms with Crippen molar-refractivity contribution in [3.05, 3.63) is 29.3 Å². The second-order valence-corrected chi connectivity index (χ2v) is 10.3. The maximum Gasteiger partial charge on any atom is 0.393 e. The van der Waals surface area contributed by atoms with E-state index in [1.165, 1.54) is 0 Å².